The summed E-state index contributed by atoms with van der Waals surface area (Å²) >= 11 is 0. The molecule has 0 bridgehead atoms. The van der Waals surface area contributed by atoms with E-state index < -0.39 is 18.0 Å². The molecular formula is C10H9N3O3. The van der Waals surface area contributed by atoms with Crippen LogP contribution in [0, 0.1) is 4.91 Å². The Balaban J connectivity index is 2.40. The summed E-state index contributed by atoms with van der Waals surface area (Å²) < 4.78 is 0. The highest BCUT2D eigenvalue weighted by atomic mass is 16.3. The van der Waals surface area contributed by atoms with Crippen LogP contribution in [0.1, 0.15) is 6.92 Å². The molecule has 0 spiro atoms. The largest absolute Gasteiger partial charge is 0.355 e. The first kappa shape index (κ1) is 10.3. The minimum Gasteiger partial charge on any atom is -0.271 e. The van der Waals surface area contributed by atoms with Crippen LogP contribution in [0.15, 0.2) is 35.6 Å². The molecule has 0 N–H and O–H groups in total. The molecule has 1 aromatic carbocycles. The van der Waals surface area contributed by atoms with E-state index >= 15 is 0 Å². The first-order valence-corrected chi connectivity index (χ1v) is 4.72. The lowest BCUT2D eigenvalue weighted by Gasteiger charge is -2.11. The zero-order valence-electron chi connectivity index (χ0n) is 8.53. The molecule has 0 saturated carbocycles. The lowest BCUT2D eigenvalue weighted by molar-refractivity contribution is -0.119. The van der Waals surface area contributed by atoms with Crippen LogP contribution in [0.3, 0.4) is 0 Å². The fourth-order valence-corrected chi connectivity index (χ4v) is 1.57. The summed E-state index contributed by atoms with van der Waals surface area (Å²) in [6.45, 7) is 1.46. The van der Waals surface area contributed by atoms with Crippen molar-refractivity contribution in [2.75, 3.05) is 4.90 Å². The molecule has 0 aromatic heterocycles. The molecule has 1 unspecified atom stereocenters. The summed E-state index contributed by atoms with van der Waals surface area (Å²) in [5, 5.41) is 3.18. The number of amides is 3. The Bertz CT molecular complexity index is 446. The van der Waals surface area contributed by atoms with Gasteiger partial charge in [-0.25, -0.2) is 9.69 Å². The van der Waals surface area contributed by atoms with E-state index in [4.69, 9.17) is 0 Å². The van der Waals surface area contributed by atoms with Crippen molar-refractivity contribution in [1.82, 2.24) is 5.01 Å². The zero-order chi connectivity index (χ0) is 11.7. The molecule has 3 amide bonds. The summed E-state index contributed by atoms with van der Waals surface area (Å²) in [5.41, 5.74) is 0.440. The van der Waals surface area contributed by atoms with Gasteiger partial charge in [-0.05, 0) is 19.1 Å². The topological polar surface area (TPSA) is 70.1 Å². The number of urea groups is 1. The first-order valence-electron chi connectivity index (χ1n) is 4.72. The van der Waals surface area contributed by atoms with Crippen LogP contribution < -0.4 is 4.90 Å². The lowest BCUT2D eigenvalue weighted by atomic mass is 10.3. The summed E-state index contributed by atoms with van der Waals surface area (Å²) in [7, 11) is 0. The average molecular weight is 219 g/mol. The third-order valence-corrected chi connectivity index (χ3v) is 2.43. The van der Waals surface area contributed by atoms with Gasteiger partial charge in [0.2, 0.25) is 0 Å². The van der Waals surface area contributed by atoms with E-state index in [1.165, 1.54) is 6.92 Å². The Labute approximate surface area is 91.4 Å². The van der Waals surface area contributed by atoms with Crippen molar-refractivity contribution in [3.8, 4) is 0 Å². The second-order valence-electron chi connectivity index (χ2n) is 3.39. The number of hydrogen-bond acceptors (Lipinski definition) is 4. The van der Waals surface area contributed by atoms with Gasteiger partial charge in [0.05, 0.1) is 11.0 Å². The van der Waals surface area contributed by atoms with E-state index in [2.05, 4.69) is 5.29 Å². The van der Waals surface area contributed by atoms with Gasteiger partial charge < -0.3 is 0 Å². The van der Waals surface area contributed by atoms with Gasteiger partial charge in [0.15, 0.2) is 0 Å². The molecule has 1 aliphatic heterocycles. The Morgan fingerprint density at radius 2 is 1.81 bits per heavy atom. The highest BCUT2D eigenvalue weighted by Gasteiger charge is 2.44. The van der Waals surface area contributed by atoms with Crippen LogP contribution in [-0.4, -0.2) is 23.0 Å². The number of carbonyl (C=O) groups is 2. The molecular weight excluding hydrogens is 210 g/mol. The van der Waals surface area contributed by atoms with Gasteiger partial charge in [-0.3, -0.25) is 4.79 Å². The Kier molecular flexibility index (Phi) is 2.40. The van der Waals surface area contributed by atoms with E-state index in [1.807, 2.05) is 0 Å². The molecule has 1 aromatic rings. The molecule has 6 heteroatoms. The molecule has 1 aliphatic rings. The molecule has 2 rings (SSSR count). The fourth-order valence-electron chi connectivity index (χ4n) is 1.57. The van der Waals surface area contributed by atoms with Crippen LogP contribution in [0.5, 0.6) is 0 Å². The van der Waals surface area contributed by atoms with Crippen molar-refractivity contribution in [3.63, 3.8) is 0 Å². The van der Waals surface area contributed by atoms with Crippen LogP contribution >= 0.6 is 0 Å². The maximum atomic E-state index is 11.8. The van der Waals surface area contributed by atoms with Crippen molar-refractivity contribution >= 4 is 17.6 Å². The number of rotatable bonds is 2. The monoisotopic (exact) mass is 219 g/mol. The lowest BCUT2D eigenvalue weighted by Crippen LogP contribution is -2.30. The number of nitroso groups, excluding NO2 is 1. The van der Waals surface area contributed by atoms with E-state index in [-0.39, 0.29) is 0 Å². The van der Waals surface area contributed by atoms with Crippen molar-refractivity contribution in [2.24, 2.45) is 5.29 Å². The van der Waals surface area contributed by atoms with E-state index in [0.717, 1.165) is 4.90 Å². The van der Waals surface area contributed by atoms with Gasteiger partial charge >= 0.3 is 6.03 Å². The van der Waals surface area contributed by atoms with Crippen molar-refractivity contribution < 1.29 is 9.59 Å². The quantitative estimate of drug-likeness (QED) is 0.559. The van der Waals surface area contributed by atoms with E-state index in [0.29, 0.717) is 10.7 Å². The number of para-hydroxylation sites is 1. The molecule has 1 heterocycles. The standard InChI is InChI=1S/C10H9N3O3/c1-7-9(14)12(10(15)13(7)11-16)8-5-3-2-4-6-8/h2-7H,1H3. The van der Waals surface area contributed by atoms with E-state index in [9.17, 15) is 14.5 Å². The average Bonchev–Trinajstić information content (AvgIpc) is 2.51. The molecule has 1 atom stereocenters. The fraction of sp³-hybridized carbons (Fsp3) is 0.200. The van der Waals surface area contributed by atoms with Crippen LogP contribution in [0.2, 0.25) is 0 Å². The normalized spacial score (nSPS) is 20.4. The van der Waals surface area contributed by atoms with Crippen LogP contribution in [0.25, 0.3) is 0 Å². The molecule has 82 valence electrons. The van der Waals surface area contributed by atoms with E-state index in [1.54, 1.807) is 30.3 Å². The third kappa shape index (κ3) is 1.35. The smallest absolute Gasteiger partial charge is 0.271 e. The number of hydrogen-bond donors (Lipinski definition) is 0. The van der Waals surface area contributed by atoms with Crippen molar-refractivity contribution in [1.29, 1.82) is 0 Å². The molecule has 6 nitrogen and oxygen atoms in total. The Morgan fingerprint density at radius 3 is 2.31 bits per heavy atom. The molecule has 16 heavy (non-hydrogen) atoms. The molecule has 0 radical (unpaired) electrons. The van der Waals surface area contributed by atoms with Gasteiger partial charge in [-0.15, -0.1) is 4.91 Å². The minimum atomic E-state index is -0.842. The van der Waals surface area contributed by atoms with Crippen LogP contribution in [0.4, 0.5) is 10.5 Å². The maximum absolute atomic E-state index is 11.8. The van der Waals surface area contributed by atoms with Crippen molar-refractivity contribution in [2.45, 2.75) is 13.0 Å². The van der Waals surface area contributed by atoms with Crippen molar-refractivity contribution in [3.05, 3.63) is 35.2 Å². The molecule has 1 fully saturated rings. The van der Waals surface area contributed by atoms with Gasteiger partial charge in [-0.1, -0.05) is 18.2 Å². The minimum absolute atomic E-state index is 0.440. The van der Waals surface area contributed by atoms with Gasteiger partial charge in [0, 0.05) is 0 Å². The second kappa shape index (κ2) is 3.73. The zero-order valence-corrected chi connectivity index (χ0v) is 8.53. The highest BCUT2D eigenvalue weighted by molar-refractivity contribution is 6.20. The van der Waals surface area contributed by atoms with Gasteiger partial charge in [0.1, 0.15) is 6.04 Å². The van der Waals surface area contributed by atoms with Gasteiger partial charge in [-0.2, -0.15) is 5.01 Å². The number of anilines is 1. The molecule has 0 aliphatic carbocycles. The van der Waals surface area contributed by atoms with Gasteiger partial charge in [0.25, 0.3) is 5.91 Å². The number of benzene rings is 1. The Hall–Kier alpha value is -2.24. The number of carbonyl (C=O) groups excluding carboxylic acids is 2. The summed E-state index contributed by atoms with van der Waals surface area (Å²) in [6.07, 6.45) is 0. The molecule has 1 saturated heterocycles. The maximum Gasteiger partial charge on any atom is 0.355 e. The summed E-state index contributed by atoms with van der Waals surface area (Å²) in [4.78, 5) is 34.8. The summed E-state index contributed by atoms with van der Waals surface area (Å²) in [6, 6.07) is 6.88. The predicted octanol–water partition coefficient (Wildman–Crippen LogP) is 1.53. The highest BCUT2D eigenvalue weighted by Crippen LogP contribution is 2.24. The number of imide groups is 1. The predicted molar refractivity (Wildman–Crippen MR) is 56.4 cm³/mol. The number of nitrogens with zero attached hydrogens (tertiary/aromatic N) is 3. The Morgan fingerprint density at radius 1 is 1.19 bits per heavy atom. The summed E-state index contributed by atoms with van der Waals surface area (Å²) in [5.74, 6) is -0.448. The third-order valence-electron chi connectivity index (χ3n) is 2.43. The second-order valence-corrected chi connectivity index (χ2v) is 3.39. The SMILES string of the molecule is CC1C(=O)N(c2ccccc2)C(=O)N1N=O. The first-order chi connectivity index (χ1) is 7.66. The van der Waals surface area contributed by atoms with Crippen LogP contribution in [-0.2, 0) is 4.79 Å².